The average molecular weight is 550 g/mol. The number of nitrogens with zero attached hydrogens (tertiary/aromatic N) is 4. The molecule has 186 valence electrons. The van der Waals surface area contributed by atoms with E-state index in [0.717, 1.165) is 41.2 Å². The highest BCUT2D eigenvalue weighted by molar-refractivity contribution is 9.10. The molecule has 1 aromatic carbocycles. The van der Waals surface area contributed by atoms with Crippen LogP contribution in [0, 0.1) is 12.8 Å². The number of carbonyl (C=O) groups is 1. The van der Waals surface area contributed by atoms with Gasteiger partial charge in [-0.3, -0.25) is 18.9 Å². The molecule has 1 fully saturated rings. The van der Waals surface area contributed by atoms with Gasteiger partial charge in [-0.05, 0) is 78.7 Å². The number of methoxy groups -OCH3 is 1. The number of hydrogen-bond acceptors (Lipinski definition) is 5. The Kier molecular flexibility index (Phi) is 6.91. The van der Waals surface area contributed by atoms with E-state index in [1.807, 2.05) is 47.9 Å². The Morgan fingerprint density at radius 3 is 2.53 bits per heavy atom. The number of pyridine rings is 2. The van der Waals surface area contributed by atoms with E-state index in [0.29, 0.717) is 35.3 Å². The lowest BCUT2D eigenvalue weighted by atomic mass is 9.85. The number of amides is 1. The van der Waals surface area contributed by atoms with E-state index < -0.39 is 0 Å². The molecule has 3 aromatic heterocycles. The second kappa shape index (κ2) is 10.3. The van der Waals surface area contributed by atoms with Crippen molar-refractivity contribution in [1.82, 2.24) is 24.4 Å². The third-order valence-electron chi connectivity index (χ3n) is 6.94. The van der Waals surface area contributed by atoms with Gasteiger partial charge in [0, 0.05) is 29.3 Å². The largest absolute Gasteiger partial charge is 0.481 e. The minimum Gasteiger partial charge on any atom is -0.481 e. The van der Waals surface area contributed by atoms with E-state index in [1.165, 1.54) is 0 Å². The molecule has 0 atom stereocenters. The van der Waals surface area contributed by atoms with Crippen LogP contribution < -0.4 is 15.7 Å². The molecule has 1 aliphatic rings. The number of nitrogens with one attached hydrogen (secondary N) is 1. The lowest BCUT2D eigenvalue weighted by Gasteiger charge is -2.29. The first-order chi connectivity index (χ1) is 17.4. The van der Waals surface area contributed by atoms with E-state index in [4.69, 9.17) is 4.74 Å². The molecule has 0 radical (unpaired) electrons. The minimum absolute atomic E-state index is 0.0729. The van der Waals surface area contributed by atoms with Gasteiger partial charge in [-0.1, -0.05) is 12.1 Å². The van der Waals surface area contributed by atoms with Crippen LogP contribution in [0.1, 0.15) is 41.7 Å². The fourth-order valence-electron chi connectivity index (χ4n) is 5.01. The number of ether oxygens (including phenoxy) is 1. The fourth-order valence-corrected chi connectivity index (χ4v) is 5.34. The summed E-state index contributed by atoms with van der Waals surface area (Å²) in [5.74, 6) is 0.779. The molecule has 5 rings (SSSR count). The molecule has 1 N–H and O–H groups in total. The Hall–Kier alpha value is -3.46. The topological polar surface area (TPSA) is 91.0 Å². The van der Waals surface area contributed by atoms with Crippen LogP contribution in [0.5, 0.6) is 5.88 Å². The SMILES string of the molecule is COc1ccc(-n2c(=O)n(CC3CCC(NC(=O)c4cc(Br)cnc4C)CC3)c3ccccc32)cn1. The van der Waals surface area contributed by atoms with Gasteiger partial charge in [0.2, 0.25) is 5.88 Å². The highest BCUT2D eigenvalue weighted by Crippen LogP contribution is 2.28. The number of carbonyl (C=O) groups excluding carboxylic acids is 1. The molecule has 0 spiro atoms. The zero-order chi connectivity index (χ0) is 25.2. The van der Waals surface area contributed by atoms with Gasteiger partial charge in [-0.2, -0.15) is 0 Å². The molecule has 36 heavy (non-hydrogen) atoms. The zero-order valence-corrected chi connectivity index (χ0v) is 21.9. The Bertz CT molecular complexity index is 1450. The highest BCUT2D eigenvalue weighted by Gasteiger charge is 2.25. The molecule has 1 amide bonds. The first-order valence-corrected chi connectivity index (χ1v) is 12.9. The standard InChI is InChI=1S/C27H28BrN5O3/c1-17-22(13-19(28)14-29-17)26(34)31-20-9-7-18(8-10-20)16-32-23-5-3-4-6-24(23)33(27(32)35)21-11-12-25(36-2)30-15-21/h3-6,11-15,18,20H,7-10,16H2,1-2H3,(H,31,34). The van der Waals surface area contributed by atoms with Crippen molar-refractivity contribution in [2.24, 2.45) is 5.92 Å². The van der Waals surface area contributed by atoms with Crippen molar-refractivity contribution >= 4 is 32.9 Å². The summed E-state index contributed by atoms with van der Waals surface area (Å²) in [5, 5.41) is 3.17. The molecular formula is C27H28BrN5O3. The Morgan fingerprint density at radius 1 is 1.08 bits per heavy atom. The first kappa shape index (κ1) is 24.2. The van der Waals surface area contributed by atoms with Gasteiger partial charge >= 0.3 is 5.69 Å². The average Bonchev–Trinajstić information content (AvgIpc) is 3.17. The number of benzene rings is 1. The summed E-state index contributed by atoms with van der Waals surface area (Å²) in [6.07, 6.45) is 7.00. The van der Waals surface area contributed by atoms with Gasteiger partial charge in [0.05, 0.1) is 41.3 Å². The maximum absolute atomic E-state index is 13.5. The van der Waals surface area contributed by atoms with E-state index in [-0.39, 0.29) is 17.6 Å². The van der Waals surface area contributed by atoms with Crippen molar-refractivity contribution in [3.8, 4) is 11.6 Å². The maximum atomic E-state index is 13.5. The summed E-state index contributed by atoms with van der Waals surface area (Å²) in [4.78, 5) is 34.9. The summed E-state index contributed by atoms with van der Waals surface area (Å²) in [5.41, 5.74) is 3.71. The Morgan fingerprint density at radius 2 is 1.83 bits per heavy atom. The lowest BCUT2D eigenvalue weighted by Crippen LogP contribution is -2.39. The van der Waals surface area contributed by atoms with Gasteiger partial charge in [0.1, 0.15) is 0 Å². The van der Waals surface area contributed by atoms with Crippen LogP contribution >= 0.6 is 15.9 Å². The summed E-state index contributed by atoms with van der Waals surface area (Å²) < 4.78 is 9.54. The Balaban J connectivity index is 1.30. The van der Waals surface area contributed by atoms with Crippen molar-refractivity contribution in [1.29, 1.82) is 0 Å². The molecule has 1 aliphatic carbocycles. The van der Waals surface area contributed by atoms with E-state index in [2.05, 4.69) is 31.2 Å². The van der Waals surface area contributed by atoms with Crippen LogP contribution in [0.15, 0.2) is 64.1 Å². The van der Waals surface area contributed by atoms with E-state index in [9.17, 15) is 9.59 Å². The summed E-state index contributed by atoms with van der Waals surface area (Å²) in [7, 11) is 1.57. The highest BCUT2D eigenvalue weighted by atomic mass is 79.9. The van der Waals surface area contributed by atoms with Crippen molar-refractivity contribution < 1.29 is 9.53 Å². The number of imidazole rings is 1. The van der Waals surface area contributed by atoms with Gasteiger partial charge in [-0.15, -0.1) is 0 Å². The molecule has 1 saturated carbocycles. The third kappa shape index (κ3) is 4.80. The molecule has 0 bridgehead atoms. The summed E-state index contributed by atoms with van der Waals surface area (Å²) in [6.45, 7) is 2.49. The van der Waals surface area contributed by atoms with Crippen LogP contribution in [0.4, 0.5) is 0 Å². The number of hydrogen-bond donors (Lipinski definition) is 1. The summed E-state index contributed by atoms with van der Waals surface area (Å²) >= 11 is 3.39. The smallest absolute Gasteiger partial charge is 0.333 e. The monoisotopic (exact) mass is 549 g/mol. The van der Waals surface area contributed by atoms with Crippen molar-refractivity contribution in [2.45, 2.75) is 45.2 Å². The van der Waals surface area contributed by atoms with Gasteiger partial charge in [-0.25, -0.2) is 9.78 Å². The van der Waals surface area contributed by atoms with Gasteiger partial charge in [0.15, 0.2) is 0 Å². The molecule has 4 aromatic rings. The summed E-state index contributed by atoms with van der Waals surface area (Å²) in [6, 6.07) is 13.4. The van der Waals surface area contributed by atoms with Crippen LogP contribution in [-0.2, 0) is 6.54 Å². The number of para-hydroxylation sites is 2. The number of rotatable bonds is 6. The molecule has 3 heterocycles. The van der Waals surface area contributed by atoms with Gasteiger partial charge < -0.3 is 10.1 Å². The van der Waals surface area contributed by atoms with Crippen molar-refractivity contribution in [2.75, 3.05) is 7.11 Å². The molecule has 9 heteroatoms. The molecular weight excluding hydrogens is 522 g/mol. The van der Waals surface area contributed by atoms with E-state index in [1.54, 1.807) is 30.1 Å². The molecule has 0 aliphatic heterocycles. The second-order valence-electron chi connectivity index (χ2n) is 9.25. The van der Waals surface area contributed by atoms with Crippen molar-refractivity contribution in [3.05, 3.63) is 81.1 Å². The minimum atomic E-state index is -0.0860. The Labute approximate surface area is 217 Å². The fraction of sp³-hybridized carbons (Fsp3) is 0.333. The first-order valence-electron chi connectivity index (χ1n) is 12.1. The predicted molar refractivity (Wildman–Crippen MR) is 142 cm³/mol. The number of fused-ring (bicyclic) bond motifs is 1. The van der Waals surface area contributed by atoms with Crippen LogP contribution in [0.2, 0.25) is 0 Å². The quantitative estimate of drug-likeness (QED) is 0.378. The number of aromatic nitrogens is 4. The van der Waals surface area contributed by atoms with E-state index >= 15 is 0 Å². The normalized spacial score (nSPS) is 17.8. The molecule has 0 saturated heterocycles. The molecule has 8 nitrogen and oxygen atoms in total. The van der Waals surface area contributed by atoms with Gasteiger partial charge in [0.25, 0.3) is 5.91 Å². The third-order valence-corrected chi connectivity index (χ3v) is 7.38. The predicted octanol–water partition coefficient (Wildman–Crippen LogP) is 4.65. The number of halogens is 1. The lowest BCUT2D eigenvalue weighted by molar-refractivity contribution is 0.0919. The zero-order valence-electron chi connectivity index (χ0n) is 20.3. The molecule has 0 unspecified atom stereocenters. The second-order valence-corrected chi connectivity index (χ2v) is 10.2. The van der Waals surface area contributed by atoms with Crippen molar-refractivity contribution in [3.63, 3.8) is 0 Å². The van der Waals surface area contributed by atoms with Crippen LogP contribution in [0.3, 0.4) is 0 Å². The number of aryl methyl sites for hydroxylation is 1. The van der Waals surface area contributed by atoms with Crippen LogP contribution in [-0.4, -0.2) is 38.2 Å². The maximum Gasteiger partial charge on any atom is 0.333 e. The van der Waals surface area contributed by atoms with Crippen LogP contribution in [0.25, 0.3) is 16.7 Å².